The number of Topliss-reactive ketones (excluding diaryl/α,β-unsaturated/α-hetero) is 2. The van der Waals surface area contributed by atoms with Gasteiger partial charge in [0, 0.05) is 33.1 Å². The van der Waals surface area contributed by atoms with Crippen LogP contribution >= 0.6 is 0 Å². The van der Waals surface area contributed by atoms with Crippen LogP contribution < -0.4 is 4.74 Å². The van der Waals surface area contributed by atoms with Crippen molar-refractivity contribution in [3.8, 4) is 5.75 Å². The molecule has 2 rings (SSSR count). The number of carbonyl (C=O) groups excluding carboxylic acids is 2. The molecule has 1 aliphatic rings. The van der Waals surface area contributed by atoms with E-state index in [9.17, 15) is 9.59 Å². The predicted octanol–water partition coefficient (Wildman–Crippen LogP) is 2.16. The number of benzene rings is 1. The van der Waals surface area contributed by atoms with Crippen molar-refractivity contribution in [3.63, 3.8) is 0 Å². The van der Waals surface area contributed by atoms with Crippen LogP contribution in [0.3, 0.4) is 0 Å². The van der Waals surface area contributed by atoms with E-state index >= 15 is 0 Å². The van der Waals surface area contributed by atoms with Gasteiger partial charge in [-0.1, -0.05) is 12.1 Å². The van der Waals surface area contributed by atoms with Gasteiger partial charge in [0.05, 0.1) is 12.7 Å². The molecule has 0 spiro atoms. The molecule has 0 aliphatic heterocycles. The highest BCUT2D eigenvalue weighted by Gasteiger charge is 2.31. The fraction of sp³-hybridized carbons (Fsp3) is 0.375. The Hall–Kier alpha value is -2.10. The van der Waals surface area contributed by atoms with Gasteiger partial charge in [0.15, 0.2) is 11.6 Å². The van der Waals surface area contributed by atoms with Crippen LogP contribution in [0.1, 0.15) is 24.3 Å². The molecule has 0 radical (unpaired) electrons. The second-order valence-electron chi connectivity index (χ2n) is 5.23. The Labute approximate surface area is 119 Å². The third-order valence-corrected chi connectivity index (χ3v) is 3.44. The van der Waals surface area contributed by atoms with E-state index in [4.69, 9.17) is 4.74 Å². The lowest BCUT2D eigenvalue weighted by atomic mass is 9.80. The Morgan fingerprint density at radius 2 is 1.65 bits per heavy atom. The quantitative estimate of drug-likeness (QED) is 0.625. The number of allylic oxidation sites excluding steroid dienone is 1. The first-order valence-corrected chi connectivity index (χ1v) is 6.60. The second kappa shape index (κ2) is 5.90. The SMILES string of the molecule is COc1ccc(C2CC(=O)C(=CN(C)C)C(=O)C2)cc1. The maximum absolute atomic E-state index is 12.1. The molecule has 106 valence electrons. The van der Waals surface area contributed by atoms with E-state index in [-0.39, 0.29) is 17.5 Å². The molecule has 0 unspecified atom stereocenters. The third kappa shape index (κ3) is 3.07. The number of rotatable bonds is 3. The average molecular weight is 273 g/mol. The molecule has 1 aliphatic carbocycles. The highest BCUT2D eigenvalue weighted by molar-refractivity contribution is 6.22. The number of hydrogen-bond donors (Lipinski definition) is 0. The summed E-state index contributed by atoms with van der Waals surface area (Å²) in [6, 6.07) is 7.56. The number of hydrogen-bond acceptors (Lipinski definition) is 4. The lowest BCUT2D eigenvalue weighted by Gasteiger charge is -2.23. The fourth-order valence-electron chi connectivity index (χ4n) is 2.41. The van der Waals surface area contributed by atoms with E-state index in [1.165, 1.54) is 0 Å². The summed E-state index contributed by atoms with van der Waals surface area (Å²) in [4.78, 5) is 25.9. The van der Waals surface area contributed by atoms with Crippen LogP contribution in [0.15, 0.2) is 36.0 Å². The molecule has 4 heteroatoms. The lowest BCUT2D eigenvalue weighted by Crippen LogP contribution is -2.26. The van der Waals surface area contributed by atoms with Crippen molar-refractivity contribution in [1.82, 2.24) is 4.90 Å². The van der Waals surface area contributed by atoms with Crippen molar-refractivity contribution in [3.05, 3.63) is 41.6 Å². The number of carbonyl (C=O) groups is 2. The van der Waals surface area contributed by atoms with Gasteiger partial charge < -0.3 is 9.64 Å². The van der Waals surface area contributed by atoms with E-state index in [1.54, 1.807) is 18.2 Å². The molecule has 1 aromatic rings. The molecule has 0 bridgehead atoms. The standard InChI is InChI=1S/C16H19NO3/c1-17(2)10-14-15(18)8-12(9-16(14)19)11-4-6-13(20-3)7-5-11/h4-7,10,12H,8-9H2,1-3H3. The van der Waals surface area contributed by atoms with Crippen molar-refractivity contribution in [2.45, 2.75) is 18.8 Å². The summed E-state index contributed by atoms with van der Waals surface area (Å²) in [5, 5.41) is 0. The minimum Gasteiger partial charge on any atom is -0.497 e. The fourth-order valence-corrected chi connectivity index (χ4v) is 2.41. The Bertz CT molecular complexity index is 523. The van der Waals surface area contributed by atoms with Crippen LogP contribution in [0.2, 0.25) is 0 Å². The molecule has 0 saturated heterocycles. The Morgan fingerprint density at radius 3 is 2.10 bits per heavy atom. The minimum absolute atomic E-state index is 0.0276. The van der Waals surface area contributed by atoms with Crippen molar-refractivity contribution >= 4 is 11.6 Å². The van der Waals surface area contributed by atoms with Gasteiger partial charge in [-0.15, -0.1) is 0 Å². The number of nitrogens with zero attached hydrogens (tertiary/aromatic N) is 1. The molecule has 20 heavy (non-hydrogen) atoms. The first kappa shape index (κ1) is 14.3. The van der Waals surface area contributed by atoms with Crippen LogP contribution in [-0.2, 0) is 9.59 Å². The third-order valence-electron chi connectivity index (χ3n) is 3.44. The first-order chi connectivity index (χ1) is 9.51. The van der Waals surface area contributed by atoms with Crippen LogP contribution in [0, 0.1) is 0 Å². The van der Waals surface area contributed by atoms with Gasteiger partial charge in [-0.25, -0.2) is 0 Å². The highest BCUT2D eigenvalue weighted by atomic mass is 16.5. The maximum Gasteiger partial charge on any atom is 0.168 e. The van der Waals surface area contributed by atoms with E-state index in [2.05, 4.69) is 0 Å². The summed E-state index contributed by atoms with van der Waals surface area (Å²) in [5.41, 5.74) is 1.33. The average Bonchev–Trinajstić information content (AvgIpc) is 2.42. The molecule has 4 nitrogen and oxygen atoms in total. The van der Waals surface area contributed by atoms with Crippen LogP contribution in [0.25, 0.3) is 0 Å². The Morgan fingerprint density at radius 1 is 1.10 bits per heavy atom. The summed E-state index contributed by atoms with van der Waals surface area (Å²) in [6.07, 6.45) is 2.39. The van der Waals surface area contributed by atoms with Crippen molar-refractivity contribution in [2.75, 3.05) is 21.2 Å². The Balaban J connectivity index is 2.18. The van der Waals surface area contributed by atoms with Gasteiger partial charge in [0.25, 0.3) is 0 Å². The Kier molecular flexibility index (Phi) is 4.23. The van der Waals surface area contributed by atoms with Gasteiger partial charge in [-0.2, -0.15) is 0 Å². The first-order valence-electron chi connectivity index (χ1n) is 6.60. The maximum atomic E-state index is 12.1. The molecule has 0 heterocycles. The molecule has 0 N–H and O–H groups in total. The number of ketones is 2. The molecule has 0 aromatic heterocycles. The van der Waals surface area contributed by atoms with Crippen LogP contribution in [-0.4, -0.2) is 37.7 Å². The second-order valence-corrected chi connectivity index (χ2v) is 5.23. The predicted molar refractivity (Wildman–Crippen MR) is 76.8 cm³/mol. The summed E-state index contributed by atoms with van der Waals surface area (Å²) in [6.45, 7) is 0. The van der Waals surface area contributed by atoms with Crippen LogP contribution in [0.5, 0.6) is 5.75 Å². The van der Waals surface area contributed by atoms with Gasteiger partial charge in [0.1, 0.15) is 5.75 Å². The summed E-state index contributed by atoms with van der Waals surface area (Å²) in [5.74, 6) is 0.599. The van der Waals surface area contributed by atoms with Gasteiger partial charge >= 0.3 is 0 Å². The van der Waals surface area contributed by atoms with Gasteiger partial charge in [-0.05, 0) is 23.6 Å². The summed E-state index contributed by atoms with van der Waals surface area (Å²) >= 11 is 0. The van der Waals surface area contributed by atoms with E-state index in [0.717, 1.165) is 11.3 Å². The molecule has 1 saturated carbocycles. The number of methoxy groups -OCH3 is 1. The zero-order valence-corrected chi connectivity index (χ0v) is 12.1. The van der Waals surface area contributed by atoms with Crippen molar-refractivity contribution in [2.24, 2.45) is 0 Å². The van der Waals surface area contributed by atoms with E-state index < -0.39 is 0 Å². The smallest absolute Gasteiger partial charge is 0.168 e. The summed E-state index contributed by atoms with van der Waals surface area (Å²) in [7, 11) is 5.23. The molecule has 1 fully saturated rings. The van der Waals surface area contributed by atoms with E-state index in [1.807, 2.05) is 38.4 Å². The lowest BCUT2D eigenvalue weighted by molar-refractivity contribution is -0.124. The molecule has 1 aromatic carbocycles. The molecular formula is C16H19NO3. The minimum atomic E-state index is -0.0734. The monoisotopic (exact) mass is 273 g/mol. The zero-order chi connectivity index (χ0) is 14.7. The normalized spacial score (nSPS) is 18.9. The van der Waals surface area contributed by atoms with Gasteiger partial charge in [0.2, 0.25) is 0 Å². The van der Waals surface area contributed by atoms with Crippen molar-refractivity contribution < 1.29 is 14.3 Å². The highest BCUT2D eigenvalue weighted by Crippen LogP contribution is 2.32. The largest absolute Gasteiger partial charge is 0.497 e. The number of ether oxygens (including phenoxy) is 1. The van der Waals surface area contributed by atoms with Crippen molar-refractivity contribution in [1.29, 1.82) is 0 Å². The van der Waals surface area contributed by atoms with E-state index in [0.29, 0.717) is 18.4 Å². The molecular weight excluding hydrogens is 254 g/mol. The molecule has 0 amide bonds. The topological polar surface area (TPSA) is 46.6 Å². The summed E-state index contributed by atoms with van der Waals surface area (Å²) < 4.78 is 5.11. The van der Waals surface area contributed by atoms with Gasteiger partial charge in [-0.3, -0.25) is 9.59 Å². The molecule has 0 atom stereocenters. The zero-order valence-electron chi connectivity index (χ0n) is 12.1. The van der Waals surface area contributed by atoms with Crippen LogP contribution in [0.4, 0.5) is 0 Å².